The Morgan fingerprint density at radius 1 is 1.05 bits per heavy atom. The minimum Gasteiger partial charge on any atom is -0.250 e. The smallest absolute Gasteiger partial charge is 0.150 e. The lowest BCUT2D eigenvalue weighted by atomic mass is 10.1. The lowest BCUT2D eigenvalue weighted by Gasteiger charge is -1.96. The van der Waals surface area contributed by atoms with Crippen molar-refractivity contribution in [3.63, 3.8) is 0 Å². The molecule has 0 saturated carbocycles. The summed E-state index contributed by atoms with van der Waals surface area (Å²) in [5.41, 5.74) is 2.73. The van der Waals surface area contributed by atoms with Crippen molar-refractivity contribution in [1.29, 1.82) is 0 Å². The molecule has 0 bridgehead atoms. The molecule has 3 aromatic rings. The van der Waals surface area contributed by atoms with Gasteiger partial charge in [0.1, 0.15) is 0 Å². The van der Waals surface area contributed by atoms with Gasteiger partial charge in [-0.1, -0.05) is 53.5 Å². The lowest BCUT2D eigenvalue weighted by molar-refractivity contribution is 0.774. The molecule has 3 nitrogen and oxygen atoms in total. The van der Waals surface area contributed by atoms with E-state index in [0.29, 0.717) is 10.0 Å². The molecule has 0 fully saturated rings. The zero-order valence-electron chi connectivity index (χ0n) is 11.9. The molecule has 3 rings (SSSR count). The molecule has 0 radical (unpaired) electrons. The fourth-order valence-corrected chi connectivity index (χ4v) is 2.37. The number of hydrogen-bond acceptors (Lipinski definition) is 2. The molecule has 0 aliphatic rings. The Balaban J connectivity index is 1.90. The first-order valence-corrected chi connectivity index (χ1v) is 7.47. The van der Waals surface area contributed by atoms with Gasteiger partial charge in [0, 0.05) is 40.5 Å². The summed E-state index contributed by atoms with van der Waals surface area (Å²) in [7, 11) is 1.86. The summed E-state index contributed by atoms with van der Waals surface area (Å²) in [5.74, 6) is 0.755. The molecule has 0 aliphatic carbocycles. The maximum Gasteiger partial charge on any atom is 0.150 e. The van der Waals surface area contributed by atoms with Crippen molar-refractivity contribution < 1.29 is 0 Å². The highest BCUT2D eigenvalue weighted by Crippen LogP contribution is 2.24. The van der Waals surface area contributed by atoms with Gasteiger partial charge in [-0.25, -0.2) is 4.99 Å². The Labute approximate surface area is 138 Å². The number of aromatic nitrogens is 2. The number of hydrogen-bond donors (Lipinski definition) is 0. The van der Waals surface area contributed by atoms with E-state index in [1.54, 1.807) is 10.9 Å². The highest BCUT2D eigenvalue weighted by Gasteiger charge is 2.06. The number of halogens is 2. The van der Waals surface area contributed by atoms with Gasteiger partial charge in [-0.3, -0.25) is 4.68 Å². The quantitative estimate of drug-likeness (QED) is 0.611. The maximum atomic E-state index is 6.12. The summed E-state index contributed by atoms with van der Waals surface area (Å²) in [6, 6.07) is 17.1. The molecular formula is C17H13Cl2N3. The molecule has 0 unspecified atom stereocenters. The molecule has 0 amide bonds. The highest BCUT2D eigenvalue weighted by molar-refractivity contribution is 6.33. The second kappa shape index (κ2) is 6.34. The summed E-state index contributed by atoms with van der Waals surface area (Å²) in [6.45, 7) is 0. The second-order valence-corrected chi connectivity index (χ2v) is 5.64. The van der Waals surface area contributed by atoms with Crippen molar-refractivity contribution in [3.05, 3.63) is 70.2 Å². The largest absolute Gasteiger partial charge is 0.250 e. The molecule has 2 aromatic carbocycles. The van der Waals surface area contributed by atoms with Crippen LogP contribution in [0.15, 0.2) is 59.6 Å². The van der Waals surface area contributed by atoms with E-state index >= 15 is 0 Å². The summed E-state index contributed by atoms with van der Waals surface area (Å²) in [6.07, 6.45) is 1.74. The maximum absolute atomic E-state index is 6.12. The first-order valence-electron chi connectivity index (χ1n) is 6.72. The standard InChI is InChI=1S/C17H13Cl2N3/c1-22-17(20-11-13-4-2-3-5-15(13)19)10-16(21-22)12-6-8-14(18)9-7-12/h2-11H,1H3. The zero-order chi connectivity index (χ0) is 15.5. The van der Waals surface area contributed by atoms with Crippen LogP contribution in [0.3, 0.4) is 0 Å². The topological polar surface area (TPSA) is 30.2 Å². The van der Waals surface area contributed by atoms with Gasteiger partial charge in [0.2, 0.25) is 0 Å². The van der Waals surface area contributed by atoms with E-state index in [1.165, 1.54) is 0 Å². The molecular weight excluding hydrogens is 317 g/mol. The van der Waals surface area contributed by atoms with E-state index in [4.69, 9.17) is 23.2 Å². The predicted octanol–water partition coefficient (Wildman–Crippen LogP) is 5.14. The third-order valence-electron chi connectivity index (χ3n) is 3.24. The fourth-order valence-electron chi connectivity index (χ4n) is 2.06. The van der Waals surface area contributed by atoms with Crippen LogP contribution in [-0.2, 0) is 7.05 Å². The van der Waals surface area contributed by atoms with Crippen LogP contribution >= 0.6 is 23.2 Å². The number of aliphatic imine (C=N–C) groups is 1. The number of rotatable bonds is 3. The van der Waals surface area contributed by atoms with E-state index in [0.717, 1.165) is 22.6 Å². The van der Waals surface area contributed by atoms with Crippen molar-refractivity contribution in [3.8, 4) is 11.3 Å². The third-order valence-corrected chi connectivity index (χ3v) is 3.83. The molecule has 0 atom stereocenters. The first-order chi connectivity index (χ1) is 10.6. The van der Waals surface area contributed by atoms with Crippen molar-refractivity contribution in [2.24, 2.45) is 12.0 Å². The number of aryl methyl sites for hydroxylation is 1. The van der Waals surface area contributed by atoms with Gasteiger partial charge in [-0.05, 0) is 18.2 Å². The molecule has 110 valence electrons. The van der Waals surface area contributed by atoms with Gasteiger partial charge in [0.15, 0.2) is 5.82 Å². The van der Waals surface area contributed by atoms with Crippen molar-refractivity contribution in [1.82, 2.24) is 9.78 Å². The Morgan fingerprint density at radius 2 is 1.77 bits per heavy atom. The van der Waals surface area contributed by atoms with E-state index in [9.17, 15) is 0 Å². The average molecular weight is 330 g/mol. The Morgan fingerprint density at radius 3 is 2.50 bits per heavy atom. The summed E-state index contributed by atoms with van der Waals surface area (Å²) in [4.78, 5) is 4.47. The van der Waals surface area contributed by atoms with Crippen LogP contribution < -0.4 is 0 Å². The zero-order valence-corrected chi connectivity index (χ0v) is 13.4. The number of benzene rings is 2. The molecule has 0 saturated heterocycles. The summed E-state index contributed by atoms with van der Waals surface area (Å²) >= 11 is 12.0. The summed E-state index contributed by atoms with van der Waals surface area (Å²) in [5, 5.41) is 5.85. The summed E-state index contributed by atoms with van der Waals surface area (Å²) < 4.78 is 1.73. The van der Waals surface area contributed by atoms with E-state index in [2.05, 4.69) is 10.1 Å². The van der Waals surface area contributed by atoms with Crippen LogP contribution in [0, 0.1) is 0 Å². The van der Waals surface area contributed by atoms with Gasteiger partial charge in [-0.15, -0.1) is 0 Å². The minimum absolute atomic E-state index is 0.673. The van der Waals surface area contributed by atoms with Crippen molar-refractivity contribution in [2.45, 2.75) is 0 Å². The highest BCUT2D eigenvalue weighted by atomic mass is 35.5. The van der Waals surface area contributed by atoms with Crippen molar-refractivity contribution in [2.75, 3.05) is 0 Å². The van der Waals surface area contributed by atoms with Crippen LogP contribution in [0.25, 0.3) is 11.3 Å². The molecule has 0 N–H and O–H groups in total. The van der Waals surface area contributed by atoms with E-state index < -0.39 is 0 Å². The van der Waals surface area contributed by atoms with Crippen molar-refractivity contribution >= 4 is 35.2 Å². The van der Waals surface area contributed by atoms with Gasteiger partial charge in [-0.2, -0.15) is 5.10 Å². The second-order valence-electron chi connectivity index (χ2n) is 4.80. The molecule has 0 spiro atoms. The van der Waals surface area contributed by atoms with E-state index in [1.807, 2.05) is 61.6 Å². The molecule has 22 heavy (non-hydrogen) atoms. The first kappa shape index (κ1) is 14.8. The number of nitrogens with zero attached hydrogens (tertiary/aromatic N) is 3. The molecule has 5 heteroatoms. The van der Waals surface area contributed by atoms with Crippen LogP contribution in [0.1, 0.15) is 5.56 Å². The fraction of sp³-hybridized carbons (Fsp3) is 0.0588. The molecule has 1 aromatic heterocycles. The van der Waals surface area contributed by atoms with Crippen LogP contribution in [0.2, 0.25) is 10.0 Å². The predicted molar refractivity (Wildman–Crippen MR) is 92.4 cm³/mol. The normalized spacial score (nSPS) is 11.2. The van der Waals surface area contributed by atoms with Crippen LogP contribution in [0.5, 0.6) is 0 Å². The Hall–Kier alpha value is -2.10. The Kier molecular flexibility index (Phi) is 4.27. The van der Waals surface area contributed by atoms with Gasteiger partial charge in [0.05, 0.1) is 5.69 Å². The van der Waals surface area contributed by atoms with Gasteiger partial charge < -0.3 is 0 Å². The molecule has 1 heterocycles. The van der Waals surface area contributed by atoms with Gasteiger partial charge >= 0.3 is 0 Å². The van der Waals surface area contributed by atoms with Crippen LogP contribution in [0.4, 0.5) is 5.82 Å². The Bertz CT molecular complexity index is 820. The molecule has 0 aliphatic heterocycles. The minimum atomic E-state index is 0.673. The van der Waals surface area contributed by atoms with Crippen LogP contribution in [-0.4, -0.2) is 16.0 Å². The monoisotopic (exact) mass is 329 g/mol. The SMILES string of the molecule is Cn1nc(-c2ccc(Cl)cc2)cc1N=Cc1ccccc1Cl. The third kappa shape index (κ3) is 3.21. The van der Waals surface area contributed by atoms with Gasteiger partial charge in [0.25, 0.3) is 0 Å². The lowest BCUT2D eigenvalue weighted by Crippen LogP contribution is -1.90. The van der Waals surface area contributed by atoms with E-state index in [-0.39, 0.29) is 0 Å². The average Bonchev–Trinajstić information content (AvgIpc) is 2.88.